The van der Waals surface area contributed by atoms with E-state index in [9.17, 15) is 9.59 Å². The molecule has 1 aromatic heterocycles. The van der Waals surface area contributed by atoms with Gasteiger partial charge in [0.2, 0.25) is 5.91 Å². The van der Waals surface area contributed by atoms with E-state index in [0.29, 0.717) is 36.0 Å². The van der Waals surface area contributed by atoms with Crippen molar-refractivity contribution >= 4 is 38.4 Å². The number of nitrogens with zero attached hydrogens (tertiary/aromatic N) is 1. The summed E-state index contributed by atoms with van der Waals surface area (Å²) in [6.45, 7) is 0.450. The van der Waals surface area contributed by atoms with Crippen molar-refractivity contribution in [2.45, 2.75) is 12.8 Å². The third-order valence-corrected chi connectivity index (χ3v) is 4.03. The molecule has 1 amide bonds. The molecule has 0 saturated heterocycles. The number of carbonyl (C=O) groups is 1. The Morgan fingerprint density at radius 1 is 1.24 bits per heavy atom. The van der Waals surface area contributed by atoms with Crippen molar-refractivity contribution in [3.63, 3.8) is 0 Å². The molecule has 0 spiro atoms. The zero-order chi connectivity index (χ0) is 17.6. The second-order valence-corrected chi connectivity index (χ2v) is 6.34. The van der Waals surface area contributed by atoms with E-state index < -0.39 is 0 Å². The minimum Gasteiger partial charge on any atom is -0.494 e. The molecule has 2 aromatic carbocycles. The van der Waals surface area contributed by atoms with E-state index in [-0.39, 0.29) is 11.5 Å². The van der Waals surface area contributed by atoms with E-state index in [0.717, 1.165) is 10.2 Å². The second-order valence-electron chi connectivity index (χ2n) is 5.42. The normalized spacial score (nSPS) is 10.6. The van der Waals surface area contributed by atoms with E-state index in [1.807, 2.05) is 24.3 Å². The Hall–Kier alpha value is -2.67. The van der Waals surface area contributed by atoms with E-state index in [1.165, 1.54) is 6.33 Å². The fraction of sp³-hybridized carbons (Fsp3) is 0.167. The number of halogens is 1. The molecule has 0 unspecified atom stereocenters. The van der Waals surface area contributed by atoms with Gasteiger partial charge in [-0.25, -0.2) is 4.98 Å². The van der Waals surface area contributed by atoms with Crippen molar-refractivity contribution in [2.24, 2.45) is 0 Å². The van der Waals surface area contributed by atoms with Gasteiger partial charge in [0, 0.05) is 16.6 Å². The molecule has 0 bridgehead atoms. The van der Waals surface area contributed by atoms with Crippen LogP contribution in [0.2, 0.25) is 0 Å². The Kier molecular flexibility index (Phi) is 5.45. The van der Waals surface area contributed by atoms with Crippen LogP contribution in [0.15, 0.2) is 58.1 Å². The molecule has 0 saturated carbocycles. The van der Waals surface area contributed by atoms with Crippen molar-refractivity contribution in [1.82, 2.24) is 9.97 Å². The highest BCUT2D eigenvalue weighted by Crippen LogP contribution is 2.18. The number of benzene rings is 2. The van der Waals surface area contributed by atoms with Crippen LogP contribution in [-0.2, 0) is 4.79 Å². The summed E-state index contributed by atoms with van der Waals surface area (Å²) >= 11 is 3.38. The lowest BCUT2D eigenvalue weighted by molar-refractivity contribution is -0.116. The van der Waals surface area contributed by atoms with Gasteiger partial charge in [-0.15, -0.1) is 0 Å². The average Bonchev–Trinajstić information content (AvgIpc) is 2.60. The van der Waals surface area contributed by atoms with Crippen LogP contribution >= 0.6 is 15.9 Å². The molecule has 0 aliphatic rings. The summed E-state index contributed by atoms with van der Waals surface area (Å²) in [6, 6.07) is 12.6. The number of carbonyl (C=O) groups excluding carboxylic acids is 1. The van der Waals surface area contributed by atoms with Crippen molar-refractivity contribution in [3.8, 4) is 5.75 Å². The molecule has 128 valence electrons. The summed E-state index contributed by atoms with van der Waals surface area (Å²) in [7, 11) is 0. The minimum absolute atomic E-state index is 0.127. The number of aromatic nitrogens is 2. The van der Waals surface area contributed by atoms with Crippen LogP contribution in [0.25, 0.3) is 10.9 Å². The smallest absolute Gasteiger partial charge is 0.258 e. The summed E-state index contributed by atoms with van der Waals surface area (Å²) < 4.78 is 6.54. The van der Waals surface area contributed by atoms with E-state index in [4.69, 9.17) is 4.74 Å². The third-order valence-electron chi connectivity index (χ3n) is 3.54. The molecule has 7 heteroatoms. The molecule has 1 heterocycles. The molecule has 0 aliphatic heterocycles. The third kappa shape index (κ3) is 4.67. The standard InChI is InChI=1S/C18H16BrN3O3/c19-12-3-1-4-14(9-12)25-8-2-5-17(23)22-13-6-7-16-15(10-13)18(24)21-11-20-16/h1,3-4,6-7,9-11H,2,5,8H2,(H,22,23)(H,20,21,24). The van der Waals surface area contributed by atoms with Crippen LogP contribution in [0.1, 0.15) is 12.8 Å². The number of amides is 1. The SMILES string of the molecule is O=C(CCCOc1cccc(Br)c1)Nc1ccc2nc[nH]c(=O)c2c1. The monoisotopic (exact) mass is 401 g/mol. The van der Waals surface area contributed by atoms with E-state index in [2.05, 4.69) is 31.2 Å². The Labute approximate surface area is 152 Å². The molecule has 3 aromatic rings. The molecule has 6 nitrogen and oxygen atoms in total. The van der Waals surface area contributed by atoms with Gasteiger partial charge >= 0.3 is 0 Å². The van der Waals surface area contributed by atoms with Crippen molar-refractivity contribution in [1.29, 1.82) is 0 Å². The first-order valence-corrected chi connectivity index (χ1v) is 8.57. The molecule has 3 rings (SSSR count). The van der Waals surface area contributed by atoms with Gasteiger partial charge in [-0.1, -0.05) is 22.0 Å². The number of anilines is 1. The predicted molar refractivity (Wildman–Crippen MR) is 99.9 cm³/mol. The highest BCUT2D eigenvalue weighted by atomic mass is 79.9. The fourth-order valence-electron chi connectivity index (χ4n) is 2.35. The summed E-state index contributed by atoms with van der Waals surface area (Å²) in [5, 5.41) is 3.23. The van der Waals surface area contributed by atoms with Gasteiger partial charge < -0.3 is 15.0 Å². The molecule has 0 atom stereocenters. The summed E-state index contributed by atoms with van der Waals surface area (Å²) in [4.78, 5) is 30.4. The molecule has 0 radical (unpaired) electrons. The van der Waals surface area contributed by atoms with E-state index >= 15 is 0 Å². The second kappa shape index (κ2) is 7.94. The lowest BCUT2D eigenvalue weighted by Gasteiger charge is -2.08. The lowest BCUT2D eigenvalue weighted by Crippen LogP contribution is -2.13. The van der Waals surface area contributed by atoms with Crippen molar-refractivity contribution < 1.29 is 9.53 Å². The van der Waals surface area contributed by atoms with Crippen molar-refractivity contribution in [3.05, 3.63) is 63.6 Å². The lowest BCUT2D eigenvalue weighted by atomic mass is 10.2. The number of hydrogen-bond donors (Lipinski definition) is 2. The number of ether oxygens (including phenoxy) is 1. The quantitative estimate of drug-likeness (QED) is 0.619. The molecule has 0 fully saturated rings. The van der Waals surface area contributed by atoms with Crippen LogP contribution in [0, 0.1) is 0 Å². The van der Waals surface area contributed by atoms with Gasteiger partial charge in [-0.3, -0.25) is 9.59 Å². The molecule has 25 heavy (non-hydrogen) atoms. The Bertz CT molecular complexity index is 955. The molecular formula is C18H16BrN3O3. The fourth-order valence-corrected chi connectivity index (χ4v) is 2.73. The van der Waals surface area contributed by atoms with Crippen LogP contribution in [-0.4, -0.2) is 22.5 Å². The maximum atomic E-state index is 12.0. The minimum atomic E-state index is -0.233. The van der Waals surface area contributed by atoms with Gasteiger partial charge in [0.15, 0.2) is 0 Å². The molecular weight excluding hydrogens is 386 g/mol. The Morgan fingerprint density at radius 2 is 2.12 bits per heavy atom. The van der Waals surface area contributed by atoms with Gasteiger partial charge in [0.1, 0.15) is 5.75 Å². The van der Waals surface area contributed by atoms with Gasteiger partial charge in [-0.05, 0) is 42.8 Å². The number of hydrogen-bond acceptors (Lipinski definition) is 4. The first-order chi connectivity index (χ1) is 12.1. The Morgan fingerprint density at radius 3 is 2.96 bits per heavy atom. The van der Waals surface area contributed by atoms with Crippen LogP contribution in [0.5, 0.6) is 5.75 Å². The zero-order valence-electron chi connectivity index (χ0n) is 13.3. The zero-order valence-corrected chi connectivity index (χ0v) is 14.9. The largest absolute Gasteiger partial charge is 0.494 e. The van der Waals surface area contributed by atoms with Gasteiger partial charge in [-0.2, -0.15) is 0 Å². The average molecular weight is 402 g/mol. The summed E-state index contributed by atoms with van der Waals surface area (Å²) in [5.41, 5.74) is 0.927. The number of rotatable bonds is 6. The van der Waals surface area contributed by atoms with Crippen LogP contribution in [0.4, 0.5) is 5.69 Å². The highest BCUT2D eigenvalue weighted by Gasteiger charge is 2.06. The predicted octanol–water partition coefficient (Wildman–Crippen LogP) is 3.48. The van der Waals surface area contributed by atoms with Gasteiger partial charge in [0.25, 0.3) is 5.56 Å². The number of aromatic amines is 1. The van der Waals surface area contributed by atoms with Crippen LogP contribution in [0.3, 0.4) is 0 Å². The topological polar surface area (TPSA) is 84.1 Å². The first kappa shape index (κ1) is 17.2. The maximum absolute atomic E-state index is 12.0. The summed E-state index contributed by atoms with van der Waals surface area (Å²) in [6.07, 6.45) is 2.28. The van der Waals surface area contributed by atoms with E-state index in [1.54, 1.807) is 18.2 Å². The molecule has 0 aliphatic carbocycles. The van der Waals surface area contributed by atoms with Crippen LogP contribution < -0.4 is 15.6 Å². The Balaban J connectivity index is 1.51. The van der Waals surface area contributed by atoms with Crippen molar-refractivity contribution in [2.75, 3.05) is 11.9 Å². The summed E-state index contributed by atoms with van der Waals surface area (Å²) in [5.74, 6) is 0.633. The number of fused-ring (bicyclic) bond motifs is 1. The number of H-pyrrole nitrogens is 1. The highest BCUT2D eigenvalue weighted by molar-refractivity contribution is 9.10. The maximum Gasteiger partial charge on any atom is 0.258 e. The first-order valence-electron chi connectivity index (χ1n) is 7.77. The molecule has 2 N–H and O–H groups in total. The van der Waals surface area contributed by atoms with Gasteiger partial charge in [0.05, 0.1) is 23.8 Å². The number of nitrogens with one attached hydrogen (secondary N) is 2.